The first-order chi connectivity index (χ1) is 23.8. The van der Waals surface area contributed by atoms with Crippen molar-refractivity contribution in [3.8, 4) is 17.3 Å². The van der Waals surface area contributed by atoms with Crippen LogP contribution in [0.1, 0.15) is 0 Å². The zero-order chi connectivity index (χ0) is 31.3. The van der Waals surface area contributed by atoms with Gasteiger partial charge in [-0.15, -0.1) is 41.0 Å². The molecule has 0 aliphatic carbocycles. The molecule has 0 amide bonds. The predicted molar refractivity (Wildman–Crippen MR) is 197 cm³/mol. The zero-order valence-electron chi connectivity index (χ0n) is 25.6. The van der Waals surface area contributed by atoms with Gasteiger partial charge in [-0.3, -0.25) is 4.98 Å². The molecule has 0 aliphatic heterocycles. The van der Waals surface area contributed by atoms with Crippen LogP contribution in [0.4, 0.5) is 0 Å². The number of hydrogen-bond donors (Lipinski definition) is 0. The Balaban J connectivity index is 0.00000306. The summed E-state index contributed by atoms with van der Waals surface area (Å²) in [6.07, 6.45) is 1.82. The van der Waals surface area contributed by atoms with Gasteiger partial charge in [0.05, 0.1) is 16.7 Å². The van der Waals surface area contributed by atoms with Gasteiger partial charge < -0.3 is 13.7 Å². The zero-order valence-corrected chi connectivity index (χ0v) is 28.7. The van der Waals surface area contributed by atoms with Crippen molar-refractivity contribution in [2.75, 3.05) is 0 Å². The molecule has 11 rings (SSSR count). The number of para-hydroxylation sites is 3. The van der Waals surface area contributed by atoms with E-state index in [9.17, 15) is 0 Å². The summed E-state index contributed by atoms with van der Waals surface area (Å²) in [5.74, 6) is 2.05. The Bertz CT molecular complexity index is 3110. The number of aromatic nitrogens is 4. The summed E-state index contributed by atoms with van der Waals surface area (Å²) in [5, 5.41) is 7.93. The molecule has 5 heterocycles. The van der Waals surface area contributed by atoms with Gasteiger partial charge in [-0.05, 0) is 53.2 Å². The average Bonchev–Trinajstić information content (AvgIpc) is 3.82. The number of hydrogen-bond acceptors (Lipinski definition) is 4. The minimum Gasteiger partial charge on any atom is -0.503 e. The fourth-order valence-corrected chi connectivity index (χ4v) is 8.49. The summed E-state index contributed by atoms with van der Waals surface area (Å²) in [6.45, 7) is 0. The summed E-state index contributed by atoms with van der Waals surface area (Å²) in [5.41, 5.74) is 6.04. The summed E-state index contributed by atoms with van der Waals surface area (Å²) in [4.78, 5) is 9.85. The molecule has 6 aromatic carbocycles. The van der Waals surface area contributed by atoms with Gasteiger partial charge in [0.1, 0.15) is 5.82 Å². The standard InChI is InChI=1S/C42H22N4OS.Pt/c1-4-12-34-28(9-1)29-19-17-26(24-36(29)45(34)39-15-7-8-22-43-39)47-25-16-18-27-30-20-21-38-40(31-10-2-6-14-37(31)48-38)41(30)46-35-13-5-3-11-33(35)44-42(46)32(27)23-25;/h1-22H;/q-2;+2. The Morgan fingerprint density at radius 3 is 2.20 bits per heavy atom. The van der Waals surface area contributed by atoms with Crippen molar-refractivity contribution in [1.29, 1.82) is 0 Å². The van der Waals surface area contributed by atoms with Crippen molar-refractivity contribution < 1.29 is 25.8 Å². The molecule has 0 fully saturated rings. The van der Waals surface area contributed by atoms with Crippen molar-refractivity contribution in [3.63, 3.8) is 0 Å². The summed E-state index contributed by atoms with van der Waals surface area (Å²) >= 11 is 1.83. The Kier molecular flexibility index (Phi) is 6.23. The molecular weight excluding hydrogens is 804 g/mol. The van der Waals surface area contributed by atoms with E-state index in [2.05, 4.69) is 117 Å². The van der Waals surface area contributed by atoms with E-state index in [1.54, 1.807) is 0 Å². The first-order valence-electron chi connectivity index (χ1n) is 15.8. The topological polar surface area (TPSA) is 44.3 Å². The maximum atomic E-state index is 6.55. The number of fused-ring (bicyclic) bond motifs is 15. The SMILES string of the molecule is [Pt+2].[c-]1c(Oc2[c-]c3c(cc2)c2ccccc2n3-c2ccccn2)ccc2c1c1nc3ccccc3n1c1c2ccc2sc3ccccc3c21. The van der Waals surface area contributed by atoms with E-state index in [4.69, 9.17) is 9.72 Å². The molecule has 49 heavy (non-hydrogen) atoms. The van der Waals surface area contributed by atoms with Crippen molar-refractivity contribution in [2.45, 2.75) is 0 Å². The third-order valence-electron chi connectivity index (χ3n) is 9.39. The maximum Gasteiger partial charge on any atom is 2.00 e. The number of imidazole rings is 1. The van der Waals surface area contributed by atoms with E-state index >= 15 is 0 Å². The molecule has 0 saturated carbocycles. The average molecular weight is 826 g/mol. The number of rotatable bonds is 3. The predicted octanol–water partition coefficient (Wildman–Crippen LogP) is 11.0. The van der Waals surface area contributed by atoms with Gasteiger partial charge >= 0.3 is 21.1 Å². The van der Waals surface area contributed by atoms with E-state index in [0.29, 0.717) is 11.5 Å². The Hall–Kier alpha value is -5.55. The van der Waals surface area contributed by atoms with Gasteiger partial charge in [-0.1, -0.05) is 83.0 Å². The molecule has 0 bridgehead atoms. The molecule has 232 valence electrons. The van der Waals surface area contributed by atoms with Gasteiger partial charge in [0.15, 0.2) is 0 Å². The Morgan fingerprint density at radius 2 is 1.33 bits per heavy atom. The van der Waals surface area contributed by atoms with Gasteiger partial charge in [0.2, 0.25) is 0 Å². The monoisotopic (exact) mass is 825 g/mol. The fraction of sp³-hybridized carbons (Fsp3) is 0. The van der Waals surface area contributed by atoms with Crippen LogP contribution in [0, 0.1) is 12.1 Å². The van der Waals surface area contributed by atoms with Crippen LogP contribution in [-0.4, -0.2) is 18.9 Å². The molecule has 5 nitrogen and oxygen atoms in total. The van der Waals surface area contributed by atoms with Crippen LogP contribution in [0.15, 0.2) is 134 Å². The molecule has 0 atom stereocenters. The minimum absolute atomic E-state index is 0. The quantitative estimate of drug-likeness (QED) is 0.132. The molecule has 0 saturated heterocycles. The van der Waals surface area contributed by atoms with Crippen molar-refractivity contribution >= 4 is 91.7 Å². The van der Waals surface area contributed by atoms with E-state index in [1.165, 1.54) is 25.7 Å². The van der Waals surface area contributed by atoms with Gasteiger partial charge in [0, 0.05) is 48.9 Å². The summed E-state index contributed by atoms with van der Waals surface area (Å²) in [6, 6.07) is 51.3. The van der Waals surface area contributed by atoms with Crippen LogP contribution in [-0.2, 0) is 21.1 Å². The molecular formula is C42H22N4OPtS. The second-order valence-electron chi connectivity index (χ2n) is 12.0. The summed E-state index contributed by atoms with van der Waals surface area (Å²) in [7, 11) is 0. The van der Waals surface area contributed by atoms with Crippen LogP contribution in [0.5, 0.6) is 11.5 Å². The van der Waals surface area contributed by atoms with Crippen LogP contribution in [0.25, 0.3) is 86.2 Å². The van der Waals surface area contributed by atoms with Crippen LogP contribution >= 0.6 is 11.3 Å². The smallest absolute Gasteiger partial charge is 0.503 e. The molecule has 0 radical (unpaired) electrons. The number of pyridine rings is 2. The van der Waals surface area contributed by atoms with Crippen LogP contribution < -0.4 is 4.74 Å². The number of thiophene rings is 1. The van der Waals surface area contributed by atoms with E-state index in [-0.39, 0.29) is 21.1 Å². The Morgan fingerprint density at radius 1 is 0.592 bits per heavy atom. The van der Waals surface area contributed by atoms with E-state index in [1.807, 2.05) is 53.9 Å². The van der Waals surface area contributed by atoms with Crippen LogP contribution in [0.2, 0.25) is 0 Å². The van der Waals surface area contributed by atoms with Crippen LogP contribution in [0.3, 0.4) is 0 Å². The number of ether oxygens (including phenoxy) is 1. The third-order valence-corrected chi connectivity index (χ3v) is 10.5. The first-order valence-corrected chi connectivity index (χ1v) is 16.7. The largest absolute Gasteiger partial charge is 2.00 e. The van der Waals surface area contributed by atoms with Crippen molar-refractivity contribution in [2.24, 2.45) is 0 Å². The fourth-order valence-electron chi connectivity index (χ4n) is 7.38. The molecule has 11 aromatic rings. The normalized spacial score (nSPS) is 11.9. The van der Waals surface area contributed by atoms with Gasteiger partial charge in [-0.2, -0.15) is 6.07 Å². The molecule has 0 spiro atoms. The van der Waals surface area contributed by atoms with E-state index < -0.39 is 0 Å². The number of nitrogens with zero attached hydrogens (tertiary/aromatic N) is 4. The maximum absolute atomic E-state index is 6.55. The first kappa shape index (κ1) is 28.5. The minimum atomic E-state index is 0. The second-order valence-corrected chi connectivity index (χ2v) is 13.1. The van der Waals surface area contributed by atoms with Crippen molar-refractivity contribution in [3.05, 3.63) is 146 Å². The molecule has 7 heteroatoms. The second kappa shape index (κ2) is 10.7. The Labute approximate surface area is 297 Å². The van der Waals surface area contributed by atoms with Gasteiger partial charge in [0.25, 0.3) is 0 Å². The van der Waals surface area contributed by atoms with E-state index in [0.717, 1.165) is 60.5 Å². The third kappa shape index (κ3) is 4.08. The molecule has 0 N–H and O–H groups in total. The molecule has 0 aliphatic rings. The molecule has 0 unspecified atom stereocenters. The van der Waals surface area contributed by atoms with Gasteiger partial charge in [-0.25, -0.2) is 4.98 Å². The number of benzene rings is 6. The van der Waals surface area contributed by atoms with Crippen molar-refractivity contribution in [1.82, 2.24) is 18.9 Å². The summed E-state index contributed by atoms with van der Waals surface area (Å²) < 4.78 is 13.6. The molecule has 5 aromatic heterocycles.